The molecule has 2 aromatic carbocycles. The molecule has 0 N–H and O–H groups in total. The van der Waals surface area contributed by atoms with Gasteiger partial charge in [-0.15, -0.1) is 0 Å². The number of unbranched alkanes of at least 4 members (excludes halogenated alkanes) is 8. The molecule has 0 aliphatic rings. The Morgan fingerprint density at radius 3 is 2.03 bits per heavy atom. The highest BCUT2D eigenvalue weighted by Gasteiger charge is 2.09. The lowest BCUT2D eigenvalue weighted by Crippen LogP contribution is -2.07. The summed E-state index contributed by atoms with van der Waals surface area (Å²) in [4.78, 5) is 24.4. The summed E-state index contributed by atoms with van der Waals surface area (Å²) < 4.78 is 5.50. The van der Waals surface area contributed by atoms with Crippen molar-refractivity contribution in [3.8, 4) is 5.75 Å². The lowest BCUT2D eigenvalue weighted by molar-refractivity contribution is -0.134. The third-order valence-corrected chi connectivity index (χ3v) is 5.36. The van der Waals surface area contributed by atoms with E-state index in [0.29, 0.717) is 18.6 Å². The maximum Gasteiger partial charge on any atom is 0.311 e. The largest absolute Gasteiger partial charge is 0.427 e. The summed E-state index contributed by atoms with van der Waals surface area (Å²) in [6.45, 7) is 4.37. The molecule has 0 bridgehead atoms. The molecule has 0 spiro atoms. The molecule has 3 heteroatoms. The predicted molar refractivity (Wildman–Crippen MR) is 121 cm³/mol. The van der Waals surface area contributed by atoms with Gasteiger partial charge in [0.15, 0.2) is 5.78 Å². The van der Waals surface area contributed by atoms with Crippen LogP contribution in [0, 0.1) is 0 Å². The highest BCUT2D eigenvalue weighted by atomic mass is 16.5. The molecule has 2 rings (SSSR count). The van der Waals surface area contributed by atoms with Crippen molar-refractivity contribution >= 4 is 22.5 Å². The van der Waals surface area contributed by atoms with Gasteiger partial charge in [0.25, 0.3) is 0 Å². The van der Waals surface area contributed by atoms with E-state index in [-0.39, 0.29) is 11.8 Å². The van der Waals surface area contributed by atoms with Crippen LogP contribution in [0.15, 0.2) is 36.4 Å². The smallest absolute Gasteiger partial charge is 0.311 e. The van der Waals surface area contributed by atoms with E-state index >= 15 is 0 Å². The maximum absolute atomic E-state index is 12.4. The monoisotopic (exact) mass is 396 g/mol. The number of carbonyl (C=O) groups excluding carboxylic acids is 2. The normalized spacial score (nSPS) is 11.0. The molecule has 0 heterocycles. The van der Waals surface area contributed by atoms with Crippen molar-refractivity contribution in [1.29, 1.82) is 0 Å². The summed E-state index contributed by atoms with van der Waals surface area (Å²) >= 11 is 0. The zero-order chi connectivity index (χ0) is 20.9. The van der Waals surface area contributed by atoms with Gasteiger partial charge in [-0.25, -0.2) is 0 Å². The molecule has 158 valence electrons. The number of hydrogen-bond acceptors (Lipinski definition) is 3. The van der Waals surface area contributed by atoms with Crippen LogP contribution in [0.4, 0.5) is 0 Å². The first-order chi connectivity index (χ1) is 14.1. The summed E-state index contributed by atoms with van der Waals surface area (Å²) in [5.74, 6) is 0.614. The van der Waals surface area contributed by atoms with Gasteiger partial charge in [-0.05, 0) is 41.8 Å². The van der Waals surface area contributed by atoms with Gasteiger partial charge in [-0.3, -0.25) is 9.59 Å². The lowest BCUT2D eigenvalue weighted by atomic mass is 10.0. The van der Waals surface area contributed by atoms with E-state index in [2.05, 4.69) is 13.8 Å². The molecule has 0 fully saturated rings. The Kier molecular flexibility index (Phi) is 10.5. The quantitative estimate of drug-likeness (QED) is 0.142. The predicted octanol–water partition coefficient (Wildman–Crippen LogP) is 7.65. The van der Waals surface area contributed by atoms with Crippen molar-refractivity contribution in [3.05, 3.63) is 42.0 Å². The van der Waals surface area contributed by atoms with Crippen LogP contribution in [-0.2, 0) is 4.79 Å². The van der Waals surface area contributed by atoms with Gasteiger partial charge < -0.3 is 4.74 Å². The first kappa shape index (κ1) is 23.1. The van der Waals surface area contributed by atoms with E-state index in [1.54, 1.807) is 0 Å². The summed E-state index contributed by atoms with van der Waals surface area (Å²) in [6.07, 6.45) is 12.4. The fraction of sp³-hybridized carbons (Fsp3) is 0.538. The Hall–Kier alpha value is -2.16. The van der Waals surface area contributed by atoms with Gasteiger partial charge >= 0.3 is 5.97 Å². The average molecular weight is 397 g/mol. The summed E-state index contributed by atoms with van der Waals surface area (Å²) in [6, 6.07) is 11.4. The maximum atomic E-state index is 12.4. The second kappa shape index (κ2) is 13.1. The van der Waals surface area contributed by atoms with E-state index in [4.69, 9.17) is 4.74 Å². The van der Waals surface area contributed by atoms with Crippen LogP contribution in [0.3, 0.4) is 0 Å². The van der Waals surface area contributed by atoms with Crippen LogP contribution in [0.25, 0.3) is 10.8 Å². The molecule has 29 heavy (non-hydrogen) atoms. The first-order valence-corrected chi connectivity index (χ1v) is 11.4. The zero-order valence-corrected chi connectivity index (χ0v) is 18.2. The van der Waals surface area contributed by atoms with Crippen LogP contribution in [0.1, 0.15) is 101 Å². The molecule has 0 aliphatic carbocycles. The van der Waals surface area contributed by atoms with Crippen molar-refractivity contribution in [3.63, 3.8) is 0 Å². The van der Waals surface area contributed by atoms with Gasteiger partial charge in [0.05, 0.1) is 0 Å². The van der Waals surface area contributed by atoms with E-state index in [1.165, 1.54) is 38.5 Å². The Bertz CT molecular complexity index is 779. The minimum absolute atomic E-state index is 0.168. The number of esters is 1. The number of fused-ring (bicyclic) bond motifs is 1. The number of hydrogen-bond donors (Lipinski definition) is 0. The van der Waals surface area contributed by atoms with E-state index in [1.807, 2.05) is 36.4 Å². The van der Waals surface area contributed by atoms with Crippen LogP contribution < -0.4 is 4.74 Å². The van der Waals surface area contributed by atoms with Crippen molar-refractivity contribution in [1.82, 2.24) is 0 Å². The SMILES string of the molecule is CCCCCCCCC(=O)Oc1ccc2cc(C(=O)CCCCCC)ccc2c1. The Morgan fingerprint density at radius 2 is 1.28 bits per heavy atom. The minimum atomic E-state index is -0.168. The van der Waals surface area contributed by atoms with Gasteiger partial charge in [0.1, 0.15) is 5.75 Å². The molecular weight excluding hydrogens is 360 g/mol. The van der Waals surface area contributed by atoms with Gasteiger partial charge in [0.2, 0.25) is 0 Å². The Labute approximate surface area is 175 Å². The standard InChI is InChI=1S/C26H36O3/c1-3-5-7-9-10-12-14-26(28)29-24-18-17-21-19-23(16-15-22(21)20-24)25(27)13-11-8-6-4-2/h15-20H,3-14H2,1-2H3. The zero-order valence-electron chi connectivity index (χ0n) is 18.2. The lowest BCUT2D eigenvalue weighted by Gasteiger charge is -2.07. The molecular formula is C26H36O3. The molecule has 0 unspecified atom stereocenters. The molecule has 0 saturated carbocycles. The number of rotatable bonds is 14. The van der Waals surface area contributed by atoms with Crippen LogP contribution in [0.5, 0.6) is 5.75 Å². The van der Waals surface area contributed by atoms with Crippen LogP contribution >= 0.6 is 0 Å². The van der Waals surface area contributed by atoms with E-state index < -0.39 is 0 Å². The molecule has 0 aromatic heterocycles. The Balaban J connectivity index is 1.85. The van der Waals surface area contributed by atoms with Crippen molar-refractivity contribution in [2.75, 3.05) is 0 Å². The molecule has 0 atom stereocenters. The molecule has 2 aromatic rings. The number of benzene rings is 2. The molecule has 3 nitrogen and oxygen atoms in total. The molecule has 0 radical (unpaired) electrons. The minimum Gasteiger partial charge on any atom is -0.427 e. The molecule has 0 aliphatic heterocycles. The third-order valence-electron chi connectivity index (χ3n) is 5.36. The number of ether oxygens (including phenoxy) is 1. The van der Waals surface area contributed by atoms with Crippen molar-refractivity contribution in [2.45, 2.75) is 90.9 Å². The first-order valence-electron chi connectivity index (χ1n) is 11.4. The van der Waals surface area contributed by atoms with Gasteiger partial charge in [-0.2, -0.15) is 0 Å². The second-order valence-corrected chi connectivity index (χ2v) is 7.95. The average Bonchev–Trinajstić information content (AvgIpc) is 2.73. The molecule has 0 amide bonds. The van der Waals surface area contributed by atoms with Crippen LogP contribution in [0.2, 0.25) is 0 Å². The van der Waals surface area contributed by atoms with Gasteiger partial charge in [0, 0.05) is 18.4 Å². The summed E-state index contributed by atoms with van der Waals surface area (Å²) in [5.41, 5.74) is 0.766. The topological polar surface area (TPSA) is 43.4 Å². The fourth-order valence-corrected chi connectivity index (χ4v) is 3.55. The van der Waals surface area contributed by atoms with Crippen LogP contribution in [-0.4, -0.2) is 11.8 Å². The number of Topliss-reactive ketones (excluding diaryl/α,β-unsaturated/α-hetero) is 1. The second-order valence-electron chi connectivity index (χ2n) is 7.95. The summed E-state index contributed by atoms with van der Waals surface area (Å²) in [7, 11) is 0. The fourth-order valence-electron chi connectivity index (χ4n) is 3.55. The number of ketones is 1. The van der Waals surface area contributed by atoms with Gasteiger partial charge in [-0.1, -0.05) is 83.4 Å². The van der Waals surface area contributed by atoms with Crippen molar-refractivity contribution < 1.29 is 14.3 Å². The molecule has 0 saturated heterocycles. The highest BCUT2D eigenvalue weighted by molar-refractivity contribution is 6.00. The van der Waals surface area contributed by atoms with E-state index in [0.717, 1.165) is 42.0 Å². The highest BCUT2D eigenvalue weighted by Crippen LogP contribution is 2.23. The third kappa shape index (κ3) is 8.39. The Morgan fingerprint density at radius 1 is 0.690 bits per heavy atom. The van der Waals surface area contributed by atoms with Crippen molar-refractivity contribution in [2.24, 2.45) is 0 Å². The number of carbonyl (C=O) groups is 2. The van der Waals surface area contributed by atoms with E-state index in [9.17, 15) is 9.59 Å². The summed E-state index contributed by atoms with van der Waals surface area (Å²) in [5, 5.41) is 1.98.